The normalized spacial score (nSPS) is 11.9. The van der Waals surface area contributed by atoms with Crippen molar-refractivity contribution in [1.82, 2.24) is 10.3 Å². The second kappa shape index (κ2) is 15.1. The van der Waals surface area contributed by atoms with Gasteiger partial charge in [-0.25, -0.2) is 4.98 Å². The Hall–Kier alpha value is -5.93. The van der Waals surface area contributed by atoms with Crippen molar-refractivity contribution in [2.24, 2.45) is 0 Å². The first-order valence-corrected chi connectivity index (χ1v) is 16.3. The Balaban J connectivity index is 1.11. The van der Waals surface area contributed by atoms with E-state index in [1.54, 1.807) is 36.4 Å². The largest absolute Gasteiger partial charge is 0.436 e. The Kier molecular flexibility index (Phi) is 10.1. The average Bonchev–Trinajstić information content (AvgIpc) is 3.56. The first-order valence-electron chi connectivity index (χ1n) is 15.4. The lowest BCUT2D eigenvalue weighted by molar-refractivity contribution is -0.116. The SMILES string of the molecule is CCC(Sc1cccc(NC(=O)/C(=C/c2ccccc2)NC(=O)c2ccccc2)c1)C(=O)Nc1ccc(-c2nc3ccccc3o2)cc1. The van der Waals surface area contributed by atoms with Crippen LogP contribution in [0.4, 0.5) is 11.4 Å². The van der Waals surface area contributed by atoms with Crippen LogP contribution in [0.5, 0.6) is 0 Å². The standard InChI is InChI=1S/C39H32N4O4S/c1-2-35(38(46)40-29-22-20-28(21-23-29)39-43-32-18-9-10-19-34(32)47-39)48-31-17-11-16-30(25-31)41-37(45)33(24-26-12-5-3-6-13-26)42-36(44)27-14-7-4-8-15-27/h3-25,35H,2H2,1H3,(H,40,46)(H,41,45)(H,42,44)/b33-24-. The van der Waals surface area contributed by atoms with Crippen molar-refractivity contribution in [3.8, 4) is 11.5 Å². The zero-order valence-corrected chi connectivity index (χ0v) is 26.9. The van der Waals surface area contributed by atoms with Crippen molar-refractivity contribution >= 4 is 58.0 Å². The van der Waals surface area contributed by atoms with Crippen molar-refractivity contribution in [3.63, 3.8) is 0 Å². The minimum Gasteiger partial charge on any atom is -0.436 e. The van der Waals surface area contributed by atoms with E-state index in [2.05, 4.69) is 20.9 Å². The van der Waals surface area contributed by atoms with Gasteiger partial charge >= 0.3 is 0 Å². The number of anilines is 2. The number of benzene rings is 5. The van der Waals surface area contributed by atoms with E-state index in [1.165, 1.54) is 11.8 Å². The smallest absolute Gasteiger partial charge is 0.272 e. The van der Waals surface area contributed by atoms with Crippen LogP contribution in [-0.4, -0.2) is 28.0 Å². The number of aromatic nitrogens is 1. The first kappa shape index (κ1) is 32.0. The number of amides is 3. The number of nitrogens with one attached hydrogen (secondary N) is 3. The Morgan fingerprint density at radius 1 is 0.771 bits per heavy atom. The molecule has 6 aromatic rings. The fourth-order valence-corrected chi connectivity index (χ4v) is 5.92. The molecule has 1 aromatic heterocycles. The zero-order chi connectivity index (χ0) is 33.3. The van der Waals surface area contributed by atoms with Gasteiger partial charge in [0.1, 0.15) is 11.2 Å². The second-order valence-corrected chi connectivity index (χ2v) is 12.1. The predicted molar refractivity (Wildman–Crippen MR) is 191 cm³/mol. The molecule has 0 fully saturated rings. The molecular weight excluding hydrogens is 621 g/mol. The summed E-state index contributed by atoms with van der Waals surface area (Å²) in [5.74, 6) is -0.487. The molecule has 6 rings (SSSR count). The molecule has 5 aromatic carbocycles. The predicted octanol–water partition coefficient (Wildman–Crippen LogP) is 8.41. The number of nitrogens with zero attached hydrogens (tertiary/aromatic N) is 1. The van der Waals surface area contributed by atoms with E-state index in [1.807, 2.05) is 110 Å². The summed E-state index contributed by atoms with van der Waals surface area (Å²) >= 11 is 1.41. The van der Waals surface area contributed by atoms with Gasteiger partial charge in [0.2, 0.25) is 11.8 Å². The molecule has 0 radical (unpaired) electrons. The highest BCUT2D eigenvalue weighted by atomic mass is 32.2. The molecule has 1 atom stereocenters. The molecule has 0 aliphatic carbocycles. The third-order valence-corrected chi connectivity index (χ3v) is 8.72. The number of para-hydroxylation sites is 2. The molecule has 9 heteroatoms. The van der Waals surface area contributed by atoms with Gasteiger partial charge in [-0.15, -0.1) is 11.8 Å². The molecule has 0 aliphatic rings. The van der Waals surface area contributed by atoms with E-state index >= 15 is 0 Å². The highest BCUT2D eigenvalue weighted by Crippen LogP contribution is 2.30. The van der Waals surface area contributed by atoms with E-state index in [0.29, 0.717) is 29.2 Å². The highest BCUT2D eigenvalue weighted by molar-refractivity contribution is 8.00. The summed E-state index contributed by atoms with van der Waals surface area (Å²) in [6.45, 7) is 1.95. The van der Waals surface area contributed by atoms with Crippen molar-refractivity contribution < 1.29 is 18.8 Å². The molecule has 1 unspecified atom stereocenters. The zero-order valence-electron chi connectivity index (χ0n) is 26.1. The maximum Gasteiger partial charge on any atom is 0.272 e. The van der Waals surface area contributed by atoms with Gasteiger partial charge in [-0.3, -0.25) is 14.4 Å². The first-order chi connectivity index (χ1) is 23.4. The van der Waals surface area contributed by atoms with Crippen LogP contribution in [0.2, 0.25) is 0 Å². The molecule has 48 heavy (non-hydrogen) atoms. The summed E-state index contributed by atoms with van der Waals surface area (Å²) in [6.07, 6.45) is 2.22. The number of fused-ring (bicyclic) bond motifs is 1. The molecular formula is C39H32N4O4S. The number of hydrogen-bond acceptors (Lipinski definition) is 6. The maximum absolute atomic E-state index is 13.5. The summed E-state index contributed by atoms with van der Waals surface area (Å²) in [5, 5.41) is 8.28. The monoisotopic (exact) mass is 652 g/mol. The van der Waals surface area contributed by atoms with Gasteiger partial charge in [-0.2, -0.15) is 0 Å². The van der Waals surface area contributed by atoms with Gasteiger partial charge in [-0.1, -0.05) is 73.7 Å². The van der Waals surface area contributed by atoms with Crippen LogP contribution >= 0.6 is 11.8 Å². The minimum absolute atomic E-state index is 0.0982. The van der Waals surface area contributed by atoms with Crippen LogP contribution in [-0.2, 0) is 9.59 Å². The average molecular weight is 653 g/mol. The van der Waals surface area contributed by atoms with Gasteiger partial charge in [0.05, 0.1) is 5.25 Å². The molecule has 3 amide bonds. The van der Waals surface area contributed by atoms with E-state index in [-0.39, 0.29) is 16.9 Å². The van der Waals surface area contributed by atoms with Gasteiger partial charge in [0, 0.05) is 27.4 Å². The van der Waals surface area contributed by atoms with E-state index < -0.39 is 11.8 Å². The summed E-state index contributed by atoms with van der Waals surface area (Å²) in [7, 11) is 0. The second-order valence-electron chi connectivity index (χ2n) is 10.8. The Bertz CT molecular complexity index is 2040. The van der Waals surface area contributed by atoms with Gasteiger partial charge < -0.3 is 20.4 Å². The number of carbonyl (C=O) groups is 3. The molecule has 1 heterocycles. The van der Waals surface area contributed by atoms with Crippen molar-refractivity contribution in [3.05, 3.63) is 150 Å². The Morgan fingerprint density at radius 2 is 1.48 bits per heavy atom. The van der Waals surface area contributed by atoms with Gasteiger partial charge in [-0.05, 0) is 84.8 Å². The molecule has 0 saturated carbocycles. The third kappa shape index (κ3) is 8.07. The Morgan fingerprint density at radius 3 is 2.21 bits per heavy atom. The summed E-state index contributed by atoms with van der Waals surface area (Å²) in [6, 6.07) is 40.3. The van der Waals surface area contributed by atoms with E-state index in [0.717, 1.165) is 27.1 Å². The maximum atomic E-state index is 13.5. The van der Waals surface area contributed by atoms with Crippen molar-refractivity contribution in [2.45, 2.75) is 23.5 Å². The summed E-state index contributed by atoms with van der Waals surface area (Å²) < 4.78 is 5.86. The lowest BCUT2D eigenvalue weighted by Crippen LogP contribution is -2.30. The number of rotatable bonds is 11. The number of oxazole rings is 1. The van der Waals surface area contributed by atoms with Crippen LogP contribution in [0.1, 0.15) is 29.3 Å². The van der Waals surface area contributed by atoms with Crippen LogP contribution in [0.3, 0.4) is 0 Å². The number of thioether (sulfide) groups is 1. The highest BCUT2D eigenvalue weighted by Gasteiger charge is 2.20. The summed E-state index contributed by atoms with van der Waals surface area (Å²) in [5.41, 5.74) is 4.80. The van der Waals surface area contributed by atoms with E-state index in [9.17, 15) is 14.4 Å². The molecule has 0 bridgehead atoms. The summed E-state index contributed by atoms with van der Waals surface area (Å²) in [4.78, 5) is 45.0. The van der Waals surface area contributed by atoms with E-state index in [4.69, 9.17) is 4.42 Å². The van der Waals surface area contributed by atoms with Crippen LogP contribution in [0.15, 0.2) is 148 Å². The number of carbonyl (C=O) groups excluding carboxylic acids is 3. The molecule has 8 nitrogen and oxygen atoms in total. The quantitative estimate of drug-likeness (QED) is 0.0957. The lowest BCUT2D eigenvalue weighted by atomic mass is 10.1. The number of hydrogen-bond donors (Lipinski definition) is 3. The molecule has 238 valence electrons. The Labute approximate surface area is 282 Å². The van der Waals surface area contributed by atoms with Crippen LogP contribution in [0, 0.1) is 0 Å². The third-order valence-electron chi connectivity index (χ3n) is 7.37. The fraction of sp³-hybridized carbons (Fsp3) is 0.0769. The van der Waals surface area contributed by atoms with Crippen LogP contribution < -0.4 is 16.0 Å². The molecule has 0 aliphatic heterocycles. The van der Waals surface area contributed by atoms with Crippen LogP contribution in [0.25, 0.3) is 28.6 Å². The van der Waals surface area contributed by atoms with Crippen molar-refractivity contribution in [2.75, 3.05) is 10.6 Å². The van der Waals surface area contributed by atoms with Crippen molar-refractivity contribution in [1.29, 1.82) is 0 Å². The lowest BCUT2D eigenvalue weighted by Gasteiger charge is -2.16. The van der Waals surface area contributed by atoms with Gasteiger partial charge in [0.25, 0.3) is 11.8 Å². The molecule has 0 saturated heterocycles. The topological polar surface area (TPSA) is 113 Å². The molecule has 3 N–H and O–H groups in total. The fourth-order valence-electron chi connectivity index (χ4n) is 4.91. The molecule has 0 spiro atoms. The van der Waals surface area contributed by atoms with Gasteiger partial charge in [0.15, 0.2) is 5.58 Å². The minimum atomic E-state index is -0.476.